The molecule has 0 fully saturated rings. The number of rotatable bonds is 9. The normalized spacial score (nSPS) is 10.0. The van der Waals surface area contributed by atoms with Crippen LogP contribution in [0, 0.1) is 0 Å². The number of H-pyrrole nitrogens is 1. The Kier molecular flexibility index (Phi) is 12.1. The zero-order chi connectivity index (χ0) is 19.9. The highest BCUT2D eigenvalue weighted by atomic mass is 35.5. The number of nitrogens with one attached hydrogen (secondary N) is 3. The van der Waals surface area contributed by atoms with Crippen LogP contribution in [0.3, 0.4) is 0 Å². The molecule has 0 radical (unpaired) electrons. The van der Waals surface area contributed by atoms with Crippen LogP contribution in [0.15, 0.2) is 48.0 Å². The van der Waals surface area contributed by atoms with Gasteiger partial charge in [0, 0.05) is 37.5 Å². The predicted octanol–water partition coefficient (Wildman–Crippen LogP) is 3.38. The fourth-order valence-electron chi connectivity index (χ4n) is 2.87. The Labute approximate surface area is 208 Å². The molecule has 1 aromatic carbocycles. The number of carbonyl (C=O) groups is 1. The van der Waals surface area contributed by atoms with E-state index >= 15 is 0 Å². The molecular weight excluding hydrogens is 493 g/mol. The van der Waals surface area contributed by atoms with Gasteiger partial charge in [-0.3, -0.25) is 4.79 Å². The van der Waals surface area contributed by atoms with Crippen molar-refractivity contribution in [1.29, 1.82) is 0 Å². The maximum absolute atomic E-state index is 12.2. The summed E-state index contributed by atoms with van der Waals surface area (Å²) in [6.07, 6.45) is 3.22. The summed E-state index contributed by atoms with van der Waals surface area (Å²) in [5.74, 6) is 0.783. The van der Waals surface area contributed by atoms with Crippen LogP contribution >= 0.6 is 48.6 Å². The molecule has 0 saturated heterocycles. The fraction of sp³-hybridized carbons (Fsp3) is 0.250. The maximum atomic E-state index is 12.2. The molecule has 4 rings (SSSR count). The fourth-order valence-corrected chi connectivity index (χ4v) is 3.65. The molecule has 8 nitrogen and oxygen atoms in total. The Balaban J connectivity index is 0.00000171. The van der Waals surface area contributed by atoms with Gasteiger partial charge in [0.1, 0.15) is 11.5 Å². The molecule has 172 valence electrons. The van der Waals surface area contributed by atoms with Gasteiger partial charge in [-0.2, -0.15) is 10.2 Å². The SMILES string of the molecule is Cl.Cl.Cl.O=C(NCc1cccnn1)c1csc(CCNCCc2nc3ccccc3[nH]2)n1. The van der Waals surface area contributed by atoms with Gasteiger partial charge in [-0.05, 0) is 24.3 Å². The van der Waals surface area contributed by atoms with Crippen molar-refractivity contribution in [2.75, 3.05) is 13.1 Å². The minimum atomic E-state index is -0.198. The average Bonchev–Trinajstić information content (AvgIpc) is 3.39. The standard InChI is InChI=1S/C20H21N7OS.3ClH/c28-20(22-12-14-4-3-9-23-27-14)17-13-29-19(26-17)8-11-21-10-7-18-24-15-5-1-2-6-16(15)25-18;;;/h1-6,9,13,21H,7-8,10-12H2,(H,22,28)(H,24,25);3*1H. The van der Waals surface area contributed by atoms with Crippen LogP contribution in [0.4, 0.5) is 0 Å². The molecule has 32 heavy (non-hydrogen) atoms. The molecule has 0 saturated carbocycles. The molecule has 3 heterocycles. The first-order valence-corrected chi connectivity index (χ1v) is 10.3. The lowest BCUT2D eigenvalue weighted by Gasteiger charge is -2.02. The van der Waals surface area contributed by atoms with Gasteiger partial charge in [0.15, 0.2) is 0 Å². The number of aromatic amines is 1. The summed E-state index contributed by atoms with van der Waals surface area (Å²) in [7, 11) is 0. The number of imidazole rings is 1. The number of thiazole rings is 1. The van der Waals surface area contributed by atoms with E-state index in [1.54, 1.807) is 17.6 Å². The summed E-state index contributed by atoms with van der Waals surface area (Å²) in [6.45, 7) is 1.97. The highest BCUT2D eigenvalue weighted by molar-refractivity contribution is 7.09. The Morgan fingerprint density at radius 2 is 1.81 bits per heavy atom. The highest BCUT2D eigenvalue weighted by Crippen LogP contribution is 2.11. The minimum absolute atomic E-state index is 0. The smallest absolute Gasteiger partial charge is 0.271 e. The number of amides is 1. The van der Waals surface area contributed by atoms with Crippen molar-refractivity contribution in [1.82, 2.24) is 35.8 Å². The lowest BCUT2D eigenvalue weighted by molar-refractivity contribution is 0.0946. The lowest BCUT2D eigenvalue weighted by Crippen LogP contribution is -2.24. The van der Waals surface area contributed by atoms with E-state index in [0.29, 0.717) is 17.9 Å². The quantitative estimate of drug-likeness (QED) is 0.294. The highest BCUT2D eigenvalue weighted by Gasteiger charge is 2.10. The van der Waals surface area contributed by atoms with Gasteiger partial charge in [-0.15, -0.1) is 48.6 Å². The van der Waals surface area contributed by atoms with Crippen molar-refractivity contribution in [3.05, 3.63) is 70.2 Å². The number of halogens is 3. The van der Waals surface area contributed by atoms with Gasteiger partial charge in [-0.25, -0.2) is 9.97 Å². The second-order valence-corrected chi connectivity index (χ2v) is 7.42. The van der Waals surface area contributed by atoms with Gasteiger partial charge < -0.3 is 15.6 Å². The van der Waals surface area contributed by atoms with Crippen LogP contribution in [0.2, 0.25) is 0 Å². The first-order chi connectivity index (χ1) is 14.3. The van der Waals surface area contributed by atoms with Crippen LogP contribution in [-0.2, 0) is 19.4 Å². The van der Waals surface area contributed by atoms with Crippen molar-refractivity contribution in [2.45, 2.75) is 19.4 Å². The summed E-state index contributed by atoms with van der Waals surface area (Å²) in [6, 6.07) is 11.6. The van der Waals surface area contributed by atoms with E-state index in [9.17, 15) is 4.79 Å². The molecule has 3 aromatic heterocycles. The summed E-state index contributed by atoms with van der Waals surface area (Å²) in [5, 5.41) is 16.7. The van der Waals surface area contributed by atoms with Gasteiger partial charge in [0.2, 0.25) is 0 Å². The first-order valence-electron chi connectivity index (χ1n) is 9.41. The van der Waals surface area contributed by atoms with Crippen LogP contribution in [0.1, 0.15) is 27.0 Å². The Bertz CT molecular complexity index is 1060. The summed E-state index contributed by atoms with van der Waals surface area (Å²) in [5.41, 5.74) is 3.21. The number of fused-ring (bicyclic) bond motifs is 1. The van der Waals surface area contributed by atoms with Gasteiger partial charge in [-0.1, -0.05) is 12.1 Å². The first kappa shape index (κ1) is 27.7. The van der Waals surface area contributed by atoms with Crippen molar-refractivity contribution in [3.63, 3.8) is 0 Å². The van der Waals surface area contributed by atoms with E-state index in [1.807, 2.05) is 30.3 Å². The zero-order valence-electron chi connectivity index (χ0n) is 17.0. The molecule has 0 spiro atoms. The van der Waals surface area contributed by atoms with E-state index in [-0.39, 0.29) is 43.1 Å². The number of carbonyl (C=O) groups excluding carboxylic acids is 1. The molecule has 0 bridgehead atoms. The molecule has 0 aliphatic rings. The van der Waals surface area contributed by atoms with Gasteiger partial charge >= 0.3 is 0 Å². The van der Waals surface area contributed by atoms with E-state index < -0.39 is 0 Å². The molecule has 0 atom stereocenters. The Morgan fingerprint density at radius 3 is 2.59 bits per heavy atom. The van der Waals surface area contributed by atoms with Crippen molar-refractivity contribution in [3.8, 4) is 0 Å². The number of aromatic nitrogens is 5. The predicted molar refractivity (Wildman–Crippen MR) is 133 cm³/mol. The molecule has 3 N–H and O–H groups in total. The van der Waals surface area contributed by atoms with Crippen molar-refractivity contribution >= 4 is 65.5 Å². The summed E-state index contributed by atoms with van der Waals surface area (Å²) < 4.78 is 0. The van der Waals surface area contributed by atoms with E-state index in [2.05, 4.69) is 35.8 Å². The van der Waals surface area contributed by atoms with Gasteiger partial charge in [0.25, 0.3) is 5.91 Å². The molecular formula is C20H24Cl3N7OS. The third kappa shape index (κ3) is 7.68. The maximum Gasteiger partial charge on any atom is 0.271 e. The minimum Gasteiger partial charge on any atom is -0.345 e. The molecule has 1 amide bonds. The summed E-state index contributed by atoms with van der Waals surface area (Å²) >= 11 is 1.50. The Morgan fingerprint density at radius 1 is 1.00 bits per heavy atom. The second kappa shape index (κ2) is 14.0. The van der Waals surface area contributed by atoms with E-state index in [4.69, 9.17) is 0 Å². The third-order valence-electron chi connectivity index (χ3n) is 4.33. The number of hydrogen-bond donors (Lipinski definition) is 3. The number of hydrogen-bond acceptors (Lipinski definition) is 7. The average molecular weight is 517 g/mol. The number of nitrogens with zero attached hydrogens (tertiary/aromatic N) is 4. The van der Waals surface area contributed by atoms with E-state index in [1.165, 1.54) is 11.3 Å². The third-order valence-corrected chi connectivity index (χ3v) is 5.24. The second-order valence-electron chi connectivity index (χ2n) is 6.47. The molecule has 4 aromatic rings. The van der Waals surface area contributed by atoms with Crippen LogP contribution in [-0.4, -0.2) is 44.1 Å². The number of para-hydroxylation sites is 2. The van der Waals surface area contributed by atoms with E-state index in [0.717, 1.165) is 47.8 Å². The largest absolute Gasteiger partial charge is 0.345 e. The van der Waals surface area contributed by atoms with Crippen LogP contribution < -0.4 is 10.6 Å². The molecule has 0 aliphatic heterocycles. The summed E-state index contributed by atoms with van der Waals surface area (Å²) in [4.78, 5) is 24.5. The van der Waals surface area contributed by atoms with Gasteiger partial charge in [0.05, 0.1) is 28.3 Å². The monoisotopic (exact) mass is 515 g/mol. The number of benzene rings is 1. The molecule has 0 unspecified atom stereocenters. The lowest BCUT2D eigenvalue weighted by atomic mass is 10.3. The zero-order valence-corrected chi connectivity index (χ0v) is 20.3. The Hall–Kier alpha value is -2.30. The molecule has 12 heteroatoms. The van der Waals surface area contributed by atoms with Crippen molar-refractivity contribution in [2.24, 2.45) is 0 Å². The topological polar surface area (TPSA) is 108 Å². The molecule has 0 aliphatic carbocycles. The van der Waals surface area contributed by atoms with Crippen LogP contribution in [0.25, 0.3) is 11.0 Å². The van der Waals surface area contributed by atoms with Crippen molar-refractivity contribution < 1.29 is 4.79 Å². The van der Waals surface area contributed by atoms with Crippen LogP contribution in [0.5, 0.6) is 0 Å².